The highest BCUT2D eigenvalue weighted by Crippen LogP contribution is 2.24. The molecule has 3 aromatic rings. The van der Waals surface area contributed by atoms with Gasteiger partial charge in [-0.2, -0.15) is 5.26 Å². The number of nitrogens with zero attached hydrogens (tertiary/aromatic N) is 5. The fraction of sp³-hybridized carbons (Fsp3) is 0.300. The second-order valence-electron chi connectivity index (χ2n) is 6.80. The smallest absolute Gasteiger partial charge is 0.181 e. The van der Waals surface area contributed by atoms with E-state index in [1.165, 1.54) is 0 Å². The summed E-state index contributed by atoms with van der Waals surface area (Å²) in [4.78, 5) is 23.1. The number of imidazole rings is 1. The number of pyridine rings is 2. The third-order valence-corrected chi connectivity index (χ3v) is 4.93. The predicted molar refractivity (Wildman–Crippen MR) is 97.4 cm³/mol. The number of hydrogen-bond donors (Lipinski definition) is 0. The summed E-state index contributed by atoms with van der Waals surface area (Å²) >= 11 is 0. The van der Waals surface area contributed by atoms with Crippen LogP contribution >= 0.6 is 0 Å². The highest BCUT2D eigenvalue weighted by molar-refractivity contribution is 5.95. The Kier molecular flexibility index (Phi) is 4.13. The first-order valence-electron chi connectivity index (χ1n) is 8.72. The molecule has 0 aromatic carbocycles. The number of fused-ring (bicyclic) bond motifs is 1. The summed E-state index contributed by atoms with van der Waals surface area (Å²) in [5.74, 6) is 0.321. The molecule has 0 bridgehead atoms. The lowest BCUT2D eigenvalue weighted by Crippen LogP contribution is -2.16. The normalized spacial score (nSPS) is 16.8. The highest BCUT2D eigenvalue weighted by atomic mass is 16.1. The molecule has 26 heavy (non-hydrogen) atoms. The number of ketones is 1. The third kappa shape index (κ3) is 3.04. The molecular weight excluding hydrogens is 326 g/mol. The SMILES string of the molecule is Cc1cc(-c2ccn3c(C(=O)C[C@@H]4CCN(C#N)C4)cnc3c2)ccn1. The summed E-state index contributed by atoms with van der Waals surface area (Å²) in [6.07, 6.45) is 8.85. The van der Waals surface area contributed by atoms with Crippen molar-refractivity contribution >= 4 is 11.4 Å². The lowest BCUT2D eigenvalue weighted by molar-refractivity contribution is 0.0957. The number of carbonyl (C=O) groups excluding carboxylic acids is 1. The largest absolute Gasteiger partial charge is 0.310 e. The van der Waals surface area contributed by atoms with Gasteiger partial charge in [-0.15, -0.1) is 0 Å². The lowest BCUT2D eigenvalue weighted by atomic mass is 10.0. The van der Waals surface area contributed by atoms with Crippen LogP contribution in [0.5, 0.6) is 0 Å². The second kappa shape index (κ2) is 6.60. The number of Topliss-reactive ketones (excluding diaryl/α,β-unsaturated/α-hetero) is 1. The Hall–Kier alpha value is -3.20. The Morgan fingerprint density at radius 2 is 2.15 bits per heavy atom. The Labute approximate surface area is 151 Å². The van der Waals surface area contributed by atoms with Gasteiger partial charge in [0.1, 0.15) is 11.3 Å². The van der Waals surface area contributed by atoms with Gasteiger partial charge in [-0.25, -0.2) is 4.98 Å². The van der Waals surface area contributed by atoms with Gasteiger partial charge >= 0.3 is 0 Å². The van der Waals surface area contributed by atoms with Crippen molar-refractivity contribution in [3.05, 3.63) is 54.2 Å². The Morgan fingerprint density at radius 1 is 1.31 bits per heavy atom. The van der Waals surface area contributed by atoms with Crippen molar-refractivity contribution in [2.45, 2.75) is 19.8 Å². The van der Waals surface area contributed by atoms with Crippen molar-refractivity contribution in [3.8, 4) is 17.3 Å². The molecule has 1 saturated heterocycles. The van der Waals surface area contributed by atoms with E-state index in [9.17, 15) is 4.79 Å². The number of carbonyl (C=O) groups is 1. The number of aryl methyl sites for hydroxylation is 1. The first kappa shape index (κ1) is 16.3. The Bertz CT molecular complexity index is 1020. The molecule has 4 rings (SSSR count). The molecule has 1 fully saturated rings. The van der Waals surface area contributed by atoms with Gasteiger partial charge in [-0.1, -0.05) is 0 Å². The molecule has 4 heterocycles. The molecule has 0 unspecified atom stereocenters. The van der Waals surface area contributed by atoms with Gasteiger partial charge in [0.15, 0.2) is 12.0 Å². The molecule has 130 valence electrons. The van der Waals surface area contributed by atoms with Gasteiger partial charge in [-0.3, -0.25) is 14.2 Å². The van der Waals surface area contributed by atoms with Crippen LogP contribution in [0.15, 0.2) is 42.9 Å². The quantitative estimate of drug-likeness (QED) is 0.536. The average molecular weight is 345 g/mol. The second-order valence-corrected chi connectivity index (χ2v) is 6.80. The van der Waals surface area contributed by atoms with Crippen LogP contribution in [-0.4, -0.2) is 38.1 Å². The van der Waals surface area contributed by atoms with Crippen LogP contribution in [0.25, 0.3) is 16.8 Å². The zero-order valence-electron chi connectivity index (χ0n) is 14.6. The van der Waals surface area contributed by atoms with E-state index in [1.807, 2.05) is 41.8 Å². The number of nitriles is 1. The fourth-order valence-corrected chi connectivity index (χ4v) is 3.55. The van der Waals surface area contributed by atoms with Crippen molar-refractivity contribution in [1.82, 2.24) is 19.3 Å². The number of rotatable bonds is 4. The van der Waals surface area contributed by atoms with Gasteiger partial charge in [0.2, 0.25) is 0 Å². The highest BCUT2D eigenvalue weighted by Gasteiger charge is 2.25. The summed E-state index contributed by atoms with van der Waals surface area (Å²) in [5, 5.41) is 8.95. The first-order chi connectivity index (χ1) is 12.6. The molecule has 0 N–H and O–H groups in total. The molecule has 0 spiro atoms. The summed E-state index contributed by atoms with van der Waals surface area (Å²) in [7, 11) is 0. The Morgan fingerprint density at radius 3 is 2.92 bits per heavy atom. The summed E-state index contributed by atoms with van der Waals surface area (Å²) in [6.45, 7) is 3.38. The summed E-state index contributed by atoms with van der Waals surface area (Å²) in [5.41, 5.74) is 4.45. The van der Waals surface area contributed by atoms with Crippen LogP contribution in [0, 0.1) is 24.3 Å². The van der Waals surface area contributed by atoms with E-state index >= 15 is 0 Å². The van der Waals surface area contributed by atoms with Crippen molar-refractivity contribution in [1.29, 1.82) is 5.26 Å². The molecular formula is C20H19N5O. The number of likely N-dealkylation sites (tertiary alicyclic amines) is 1. The topological polar surface area (TPSA) is 74.3 Å². The molecule has 0 saturated carbocycles. The molecule has 0 radical (unpaired) electrons. The molecule has 1 aliphatic heterocycles. The van der Waals surface area contributed by atoms with E-state index in [0.717, 1.165) is 35.4 Å². The van der Waals surface area contributed by atoms with E-state index in [1.54, 1.807) is 17.3 Å². The van der Waals surface area contributed by atoms with Crippen LogP contribution < -0.4 is 0 Å². The predicted octanol–water partition coefficient (Wildman–Crippen LogP) is 3.08. The average Bonchev–Trinajstić information content (AvgIpc) is 3.27. The van der Waals surface area contributed by atoms with Gasteiger partial charge < -0.3 is 4.90 Å². The minimum Gasteiger partial charge on any atom is -0.310 e. The van der Waals surface area contributed by atoms with Gasteiger partial charge in [0, 0.05) is 37.6 Å². The summed E-state index contributed by atoms with van der Waals surface area (Å²) < 4.78 is 1.84. The standard InChI is InChI=1S/C20H19N5O/c1-14-8-16(2-5-22-14)17-4-7-25-18(11-23-20(25)10-17)19(26)9-15-3-6-24(12-15)13-21/h2,4-5,7-8,10-11,15H,3,6,9,12H2,1H3/t15-/m0/s1. The molecule has 6 nitrogen and oxygen atoms in total. The maximum atomic E-state index is 12.7. The van der Waals surface area contributed by atoms with E-state index in [-0.39, 0.29) is 11.7 Å². The minimum absolute atomic E-state index is 0.0785. The van der Waals surface area contributed by atoms with Crippen LogP contribution in [0.2, 0.25) is 0 Å². The van der Waals surface area contributed by atoms with Crippen molar-refractivity contribution < 1.29 is 4.79 Å². The summed E-state index contributed by atoms with van der Waals surface area (Å²) in [6, 6.07) is 7.97. The molecule has 0 amide bonds. The van der Waals surface area contributed by atoms with E-state index in [0.29, 0.717) is 18.7 Å². The zero-order chi connectivity index (χ0) is 18.1. The van der Waals surface area contributed by atoms with Gasteiger partial charge in [0.25, 0.3) is 0 Å². The minimum atomic E-state index is 0.0785. The van der Waals surface area contributed by atoms with Crippen LogP contribution in [0.4, 0.5) is 0 Å². The molecule has 6 heteroatoms. The van der Waals surface area contributed by atoms with E-state index in [4.69, 9.17) is 5.26 Å². The van der Waals surface area contributed by atoms with E-state index in [2.05, 4.69) is 16.2 Å². The lowest BCUT2D eigenvalue weighted by Gasteiger charge is -2.09. The fourth-order valence-electron chi connectivity index (χ4n) is 3.55. The number of hydrogen-bond acceptors (Lipinski definition) is 5. The van der Waals surface area contributed by atoms with Crippen LogP contribution in [0.1, 0.15) is 29.0 Å². The zero-order valence-corrected chi connectivity index (χ0v) is 14.6. The maximum Gasteiger partial charge on any atom is 0.181 e. The molecule has 0 aliphatic carbocycles. The third-order valence-electron chi connectivity index (χ3n) is 4.93. The monoisotopic (exact) mass is 345 g/mol. The van der Waals surface area contributed by atoms with Crippen LogP contribution in [-0.2, 0) is 0 Å². The molecule has 1 aliphatic rings. The number of aromatic nitrogens is 3. The van der Waals surface area contributed by atoms with Gasteiger partial charge in [0.05, 0.1) is 6.20 Å². The van der Waals surface area contributed by atoms with Crippen molar-refractivity contribution in [3.63, 3.8) is 0 Å². The maximum absolute atomic E-state index is 12.7. The molecule has 1 atom stereocenters. The van der Waals surface area contributed by atoms with Gasteiger partial charge in [-0.05, 0) is 54.7 Å². The van der Waals surface area contributed by atoms with Crippen molar-refractivity contribution in [2.24, 2.45) is 5.92 Å². The first-order valence-corrected chi connectivity index (χ1v) is 8.72. The van der Waals surface area contributed by atoms with Crippen LogP contribution in [0.3, 0.4) is 0 Å². The van der Waals surface area contributed by atoms with Crippen molar-refractivity contribution in [2.75, 3.05) is 13.1 Å². The molecule has 3 aromatic heterocycles. The van der Waals surface area contributed by atoms with E-state index < -0.39 is 0 Å². The Balaban J connectivity index is 1.58.